The van der Waals surface area contributed by atoms with Crippen LogP contribution in [-0.4, -0.2) is 15.0 Å². The Labute approximate surface area is 134 Å². The van der Waals surface area contributed by atoms with Crippen molar-refractivity contribution in [3.8, 4) is 0 Å². The summed E-state index contributed by atoms with van der Waals surface area (Å²) in [5, 5.41) is 0. The van der Waals surface area contributed by atoms with E-state index in [9.17, 15) is 8.42 Å². The largest absolute Gasteiger partial charge is 0.240 e. The zero-order chi connectivity index (χ0) is 16.3. The molecule has 3 nitrogen and oxygen atoms in total. The molecule has 1 aromatic rings. The van der Waals surface area contributed by atoms with Crippen molar-refractivity contribution in [2.45, 2.75) is 38.5 Å². The van der Waals surface area contributed by atoms with E-state index in [-0.39, 0.29) is 5.92 Å². The fourth-order valence-corrected chi connectivity index (χ4v) is 3.86. The molecule has 2 rings (SSSR count). The molecule has 1 N–H and O–H groups in total. The summed E-state index contributed by atoms with van der Waals surface area (Å²) in [5.41, 5.74) is 3.49. The van der Waals surface area contributed by atoms with Gasteiger partial charge in [0.15, 0.2) is 0 Å². The Kier molecular flexibility index (Phi) is 5.24. The van der Waals surface area contributed by atoms with Crippen LogP contribution in [0.5, 0.6) is 0 Å². The minimum Gasteiger partial charge on any atom is -0.211 e. The van der Waals surface area contributed by atoms with E-state index >= 15 is 0 Å². The smallest absolute Gasteiger partial charge is 0.211 e. The molecular weight excluding hydrogens is 294 g/mol. The van der Waals surface area contributed by atoms with Crippen LogP contribution in [0, 0.1) is 18.8 Å². The molecule has 0 unspecified atom stereocenters. The van der Waals surface area contributed by atoms with E-state index in [4.69, 9.17) is 0 Å². The van der Waals surface area contributed by atoms with E-state index in [1.807, 2.05) is 26.0 Å². The van der Waals surface area contributed by atoms with Gasteiger partial charge in [0.2, 0.25) is 10.0 Å². The van der Waals surface area contributed by atoms with Crippen molar-refractivity contribution in [2.75, 3.05) is 6.54 Å². The van der Waals surface area contributed by atoms with Crippen molar-refractivity contribution >= 4 is 10.0 Å². The van der Waals surface area contributed by atoms with Gasteiger partial charge in [-0.2, -0.15) is 0 Å². The van der Waals surface area contributed by atoms with Gasteiger partial charge in [0.1, 0.15) is 0 Å². The lowest BCUT2D eigenvalue weighted by Gasteiger charge is -2.29. The average molecular weight is 319 g/mol. The maximum atomic E-state index is 12.4. The molecule has 0 aromatic heterocycles. The summed E-state index contributed by atoms with van der Waals surface area (Å²) in [6.45, 7) is 10.6. The predicted octanol–water partition coefficient (Wildman–Crippen LogP) is 3.82. The molecule has 120 valence electrons. The van der Waals surface area contributed by atoms with Crippen LogP contribution < -0.4 is 4.72 Å². The third kappa shape index (κ3) is 4.08. The normalized spacial score (nSPS) is 22.2. The lowest BCUT2D eigenvalue weighted by Crippen LogP contribution is -2.32. The molecule has 0 aliphatic heterocycles. The van der Waals surface area contributed by atoms with Gasteiger partial charge >= 0.3 is 0 Å². The Hall–Kier alpha value is -1.39. The van der Waals surface area contributed by atoms with Gasteiger partial charge in [-0.25, -0.2) is 13.1 Å². The molecule has 0 radical (unpaired) electrons. The van der Waals surface area contributed by atoms with E-state index in [0.717, 1.165) is 18.4 Å². The molecule has 0 amide bonds. The Morgan fingerprint density at radius 1 is 1.27 bits per heavy atom. The molecule has 0 bridgehead atoms. The predicted molar refractivity (Wildman–Crippen MR) is 91.2 cm³/mol. The Morgan fingerprint density at radius 2 is 1.91 bits per heavy atom. The van der Waals surface area contributed by atoms with Gasteiger partial charge in [-0.1, -0.05) is 41.5 Å². The molecule has 2 atom stereocenters. The summed E-state index contributed by atoms with van der Waals surface area (Å²) in [6.07, 6.45) is 4.20. The minimum atomic E-state index is -3.44. The molecule has 4 heteroatoms. The number of sulfonamides is 1. The van der Waals surface area contributed by atoms with Crippen molar-refractivity contribution < 1.29 is 8.42 Å². The van der Waals surface area contributed by atoms with Crippen LogP contribution in [0.4, 0.5) is 0 Å². The number of rotatable bonds is 5. The molecule has 0 saturated carbocycles. The number of hydrogen-bond donors (Lipinski definition) is 1. The summed E-state index contributed by atoms with van der Waals surface area (Å²) in [7, 11) is -3.44. The van der Waals surface area contributed by atoms with Gasteiger partial charge in [0.05, 0.1) is 4.90 Å². The Balaban J connectivity index is 2.05. The first-order valence-electron chi connectivity index (χ1n) is 7.68. The van der Waals surface area contributed by atoms with Crippen LogP contribution in [0.25, 0.3) is 0 Å². The maximum absolute atomic E-state index is 12.4. The van der Waals surface area contributed by atoms with Gasteiger partial charge in [-0.3, -0.25) is 0 Å². The molecule has 0 saturated heterocycles. The van der Waals surface area contributed by atoms with E-state index < -0.39 is 10.0 Å². The monoisotopic (exact) mass is 319 g/mol. The molecule has 1 aliphatic carbocycles. The molecule has 22 heavy (non-hydrogen) atoms. The Bertz CT molecular complexity index is 672. The Morgan fingerprint density at radius 3 is 2.50 bits per heavy atom. The quantitative estimate of drug-likeness (QED) is 0.839. The highest BCUT2D eigenvalue weighted by Crippen LogP contribution is 2.32. The van der Waals surface area contributed by atoms with Crippen molar-refractivity contribution in [1.29, 1.82) is 0 Å². The second-order valence-electron chi connectivity index (χ2n) is 6.32. The SMILES string of the molecule is C=C(C)[C@H]1CC=C(C)[C@H](CNS(=O)(=O)c2ccc(C)cc2)C1. The van der Waals surface area contributed by atoms with Crippen LogP contribution in [0.1, 0.15) is 32.3 Å². The zero-order valence-corrected chi connectivity index (χ0v) is 14.4. The standard InChI is InChI=1S/C18H25NO2S/c1-13(2)16-8-7-15(4)17(11-16)12-19-22(20,21)18-9-5-14(3)6-10-18/h5-7,9-10,16-17,19H,1,8,11-12H2,2-4H3/t16-,17-/m0/s1. The zero-order valence-electron chi connectivity index (χ0n) is 13.6. The van der Waals surface area contributed by atoms with Crippen molar-refractivity contribution in [3.63, 3.8) is 0 Å². The fraction of sp³-hybridized carbons (Fsp3) is 0.444. The first-order valence-corrected chi connectivity index (χ1v) is 9.16. The van der Waals surface area contributed by atoms with Crippen molar-refractivity contribution in [1.82, 2.24) is 4.72 Å². The van der Waals surface area contributed by atoms with Gasteiger partial charge in [0.25, 0.3) is 0 Å². The number of aryl methyl sites for hydroxylation is 1. The number of nitrogens with one attached hydrogen (secondary N) is 1. The second-order valence-corrected chi connectivity index (χ2v) is 8.09. The average Bonchev–Trinajstić information content (AvgIpc) is 2.46. The van der Waals surface area contributed by atoms with Crippen molar-refractivity contribution in [3.05, 3.63) is 53.6 Å². The van der Waals surface area contributed by atoms with Gasteiger partial charge < -0.3 is 0 Å². The highest BCUT2D eigenvalue weighted by atomic mass is 32.2. The van der Waals surface area contributed by atoms with Gasteiger partial charge in [0, 0.05) is 6.54 Å². The van der Waals surface area contributed by atoms with Crippen LogP contribution in [0.3, 0.4) is 0 Å². The number of hydrogen-bond acceptors (Lipinski definition) is 2. The molecule has 0 heterocycles. The topological polar surface area (TPSA) is 46.2 Å². The van der Waals surface area contributed by atoms with Crippen LogP contribution in [-0.2, 0) is 10.0 Å². The highest BCUT2D eigenvalue weighted by Gasteiger charge is 2.24. The fourth-order valence-electron chi connectivity index (χ4n) is 2.78. The second kappa shape index (κ2) is 6.80. The van der Waals surface area contributed by atoms with Gasteiger partial charge in [-0.05, 0) is 57.6 Å². The molecule has 1 aromatic carbocycles. The lowest BCUT2D eigenvalue weighted by molar-refractivity contribution is 0.421. The van der Waals surface area contributed by atoms with E-state index in [0.29, 0.717) is 17.4 Å². The van der Waals surface area contributed by atoms with E-state index in [1.54, 1.807) is 12.1 Å². The summed E-state index contributed by atoms with van der Waals surface area (Å²) >= 11 is 0. The maximum Gasteiger partial charge on any atom is 0.240 e. The first kappa shape index (κ1) is 17.0. The molecular formula is C18H25NO2S. The number of allylic oxidation sites excluding steroid dienone is 2. The van der Waals surface area contributed by atoms with E-state index in [1.165, 1.54) is 11.1 Å². The summed E-state index contributed by atoms with van der Waals surface area (Å²) in [4.78, 5) is 0.326. The summed E-state index contributed by atoms with van der Waals surface area (Å²) < 4.78 is 27.5. The lowest BCUT2D eigenvalue weighted by atomic mass is 9.79. The van der Waals surface area contributed by atoms with Gasteiger partial charge in [-0.15, -0.1) is 0 Å². The first-order chi connectivity index (χ1) is 10.3. The van der Waals surface area contributed by atoms with Crippen LogP contribution in [0.2, 0.25) is 0 Å². The minimum absolute atomic E-state index is 0.246. The van der Waals surface area contributed by atoms with Crippen LogP contribution in [0.15, 0.2) is 53.0 Å². The molecule has 1 aliphatic rings. The third-order valence-corrected chi connectivity index (χ3v) is 5.92. The van der Waals surface area contributed by atoms with Crippen molar-refractivity contribution in [2.24, 2.45) is 11.8 Å². The summed E-state index contributed by atoms with van der Waals surface area (Å²) in [5.74, 6) is 0.702. The van der Waals surface area contributed by atoms with E-state index in [2.05, 4.69) is 24.3 Å². The number of benzene rings is 1. The molecule has 0 fully saturated rings. The summed E-state index contributed by atoms with van der Waals surface area (Å²) in [6, 6.07) is 6.94. The highest BCUT2D eigenvalue weighted by molar-refractivity contribution is 7.89. The molecule has 0 spiro atoms. The van der Waals surface area contributed by atoms with Crippen LogP contribution >= 0.6 is 0 Å². The third-order valence-electron chi connectivity index (χ3n) is 4.49.